The fraction of sp³-hybridized carbons (Fsp3) is 0.786. The van der Waals surface area contributed by atoms with Gasteiger partial charge < -0.3 is 15.0 Å². The van der Waals surface area contributed by atoms with Gasteiger partial charge in [-0.2, -0.15) is 0 Å². The van der Waals surface area contributed by atoms with E-state index in [1.165, 1.54) is 12.8 Å². The predicted octanol–water partition coefficient (Wildman–Crippen LogP) is 1.86. The topological polar surface area (TPSA) is 50.1 Å². The third-order valence-electron chi connectivity index (χ3n) is 3.78. The Morgan fingerprint density at radius 3 is 2.83 bits per heavy atom. The van der Waals surface area contributed by atoms with Gasteiger partial charge >= 0.3 is 0 Å². The van der Waals surface area contributed by atoms with Gasteiger partial charge in [-0.3, -0.25) is 0 Å². The van der Waals surface area contributed by atoms with Gasteiger partial charge in [0, 0.05) is 30.5 Å². The zero-order chi connectivity index (χ0) is 13.0. The first-order valence-electron chi connectivity index (χ1n) is 6.99. The van der Waals surface area contributed by atoms with Gasteiger partial charge in [0.2, 0.25) is 0 Å². The largest absolute Gasteiger partial charge is 0.394 e. The summed E-state index contributed by atoms with van der Waals surface area (Å²) in [6.07, 6.45) is 9.72. The predicted molar refractivity (Wildman–Crippen MR) is 72.5 cm³/mol. The number of nitrogens with zero attached hydrogens (tertiary/aromatic N) is 2. The third kappa shape index (κ3) is 3.82. The molecule has 1 fully saturated rings. The van der Waals surface area contributed by atoms with Crippen molar-refractivity contribution in [1.29, 1.82) is 0 Å². The van der Waals surface area contributed by atoms with E-state index < -0.39 is 0 Å². The highest BCUT2D eigenvalue weighted by Gasteiger charge is 2.31. The Morgan fingerprint density at radius 1 is 1.50 bits per heavy atom. The lowest BCUT2D eigenvalue weighted by molar-refractivity contribution is 0.160. The Morgan fingerprint density at radius 2 is 2.28 bits per heavy atom. The molecule has 1 atom stereocenters. The number of rotatable bonds is 8. The Labute approximate surface area is 109 Å². The first-order chi connectivity index (χ1) is 8.63. The molecule has 1 aromatic rings. The van der Waals surface area contributed by atoms with E-state index in [0.717, 1.165) is 31.6 Å². The fourth-order valence-corrected chi connectivity index (χ4v) is 2.35. The fourth-order valence-electron chi connectivity index (χ4n) is 2.35. The van der Waals surface area contributed by atoms with Crippen LogP contribution in [0.2, 0.25) is 0 Å². The molecule has 18 heavy (non-hydrogen) atoms. The van der Waals surface area contributed by atoms with E-state index in [9.17, 15) is 5.11 Å². The highest BCUT2D eigenvalue weighted by atomic mass is 16.3. The summed E-state index contributed by atoms with van der Waals surface area (Å²) in [5, 5.41) is 13.1. The van der Waals surface area contributed by atoms with Crippen LogP contribution in [0.25, 0.3) is 0 Å². The molecule has 0 saturated heterocycles. The second-order valence-corrected chi connectivity index (χ2v) is 5.76. The quantitative estimate of drug-likeness (QED) is 0.693. The lowest BCUT2D eigenvalue weighted by Crippen LogP contribution is -2.46. The number of aliphatic hydroxyl groups is 1. The average Bonchev–Trinajstić information content (AvgIpc) is 3.07. The van der Waals surface area contributed by atoms with Gasteiger partial charge in [-0.15, -0.1) is 0 Å². The molecule has 2 N–H and O–H groups in total. The van der Waals surface area contributed by atoms with Gasteiger partial charge in [-0.25, -0.2) is 4.98 Å². The van der Waals surface area contributed by atoms with Crippen molar-refractivity contribution in [2.24, 2.45) is 0 Å². The molecular weight excluding hydrogens is 226 g/mol. The van der Waals surface area contributed by atoms with Crippen molar-refractivity contribution in [3.63, 3.8) is 0 Å². The first kappa shape index (κ1) is 13.6. The number of hydrogen-bond acceptors (Lipinski definition) is 3. The first-order valence-corrected chi connectivity index (χ1v) is 6.99. The highest BCUT2D eigenvalue weighted by Crippen LogP contribution is 2.25. The van der Waals surface area contributed by atoms with E-state index in [-0.39, 0.29) is 12.1 Å². The van der Waals surface area contributed by atoms with E-state index in [2.05, 4.69) is 21.8 Å². The van der Waals surface area contributed by atoms with E-state index in [0.29, 0.717) is 6.04 Å². The molecule has 1 aliphatic rings. The lowest BCUT2D eigenvalue weighted by Gasteiger charge is -2.29. The lowest BCUT2D eigenvalue weighted by atomic mass is 9.95. The van der Waals surface area contributed by atoms with Crippen molar-refractivity contribution >= 4 is 0 Å². The van der Waals surface area contributed by atoms with Gasteiger partial charge in [0.25, 0.3) is 0 Å². The summed E-state index contributed by atoms with van der Waals surface area (Å²) in [5.41, 5.74) is -0.0921. The van der Waals surface area contributed by atoms with Crippen LogP contribution in [0.15, 0.2) is 12.4 Å². The van der Waals surface area contributed by atoms with Crippen LogP contribution < -0.4 is 5.32 Å². The molecule has 0 bridgehead atoms. The molecule has 1 heterocycles. The smallest absolute Gasteiger partial charge is 0.105 e. The second kappa shape index (κ2) is 5.85. The molecule has 0 amide bonds. The van der Waals surface area contributed by atoms with Crippen LogP contribution in [0.4, 0.5) is 0 Å². The maximum absolute atomic E-state index is 9.51. The molecule has 1 aliphatic carbocycles. The standard InChI is InChI=1S/C14H25N3O/c1-12-15-8-10-17(12)9-4-3-7-14(2,11-18)16-13-5-6-13/h8,10,13,16,18H,3-7,9,11H2,1-2H3. The Bertz CT molecular complexity index is 373. The summed E-state index contributed by atoms with van der Waals surface area (Å²) in [6, 6.07) is 0.651. The van der Waals surface area contributed by atoms with Gasteiger partial charge in [0.1, 0.15) is 5.82 Å². The van der Waals surface area contributed by atoms with Gasteiger partial charge in [-0.05, 0) is 46.0 Å². The van der Waals surface area contributed by atoms with Crippen molar-refractivity contribution in [1.82, 2.24) is 14.9 Å². The molecule has 0 spiro atoms. The summed E-state index contributed by atoms with van der Waals surface area (Å²) in [6.45, 7) is 5.42. The van der Waals surface area contributed by atoms with E-state index in [4.69, 9.17) is 0 Å². The van der Waals surface area contributed by atoms with Crippen LogP contribution in [-0.2, 0) is 6.54 Å². The summed E-state index contributed by atoms with van der Waals surface area (Å²) >= 11 is 0. The van der Waals surface area contributed by atoms with Crippen molar-refractivity contribution in [2.45, 2.75) is 64.1 Å². The molecule has 0 radical (unpaired) electrons. The zero-order valence-corrected chi connectivity index (χ0v) is 11.5. The van der Waals surface area contributed by atoms with E-state index in [1.54, 1.807) is 0 Å². The Hall–Kier alpha value is -0.870. The minimum Gasteiger partial charge on any atom is -0.394 e. The number of aliphatic hydroxyl groups excluding tert-OH is 1. The maximum Gasteiger partial charge on any atom is 0.105 e. The third-order valence-corrected chi connectivity index (χ3v) is 3.78. The molecule has 0 aliphatic heterocycles. The minimum absolute atomic E-state index is 0.0921. The monoisotopic (exact) mass is 251 g/mol. The summed E-state index contributed by atoms with van der Waals surface area (Å²) in [5.74, 6) is 1.08. The van der Waals surface area contributed by atoms with Gasteiger partial charge in [-0.1, -0.05) is 0 Å². The van der Waals surface area contributed by atoms with Crippen molar-refractivity contribution in [2.75, 3.05) is 6.61 Å². The maximum atomic E-state index is 9.51. The SMILES string of the molecule is Cc1nccn1CCCCC(C)(CO)NC1CC1. The number of unbranched alkanes of at least 4 members (excludes halogenated alkanes) is 1. The number of nitrogens with one attached hydrogen (secondary N) is 1. The molecule has 1 aromatic heterocycles. The molecule has 4 heteroatoms. The second-order valence-electron chi connectivity index (χ2n) is 5.76. The Balaban J connectivity index is 1.68. The molecule has 1 unspecified atom stereocenters. The molecule has 2 rings (SSSR count). The van der Waals surface area contributed by atoms with Crippen LogP contribution in [0.1, 0.15) is 44.9 Å². The molecule has 1 saturated carbocycles. The van der Waals surface area contributed by atoms with Crippen molar-refractivity contribution in [3.8, 4) is 0 Å². The molecule has 4 nitrogen and oxygen atoms in total. The van der Waals surface area contributed by atoms with Crippen molar-refractivity contribution in [3.05, 3.63) is 18.2 Å². The molecule has 102 valence electrons. The van der Waals surface area contributed by atoms with Crippen LogP contribution in [0.3, 0.4) is 0 Å². The number of hydrogen-bond donors (Lipinski definition) is 2. The molecular formula is C14H25N3O. The average molecular weight is 251 g/mol. The highest BCUT2D eigenvalue weighted by molar-refractivity contribution is 4.92. The van der Waals surface area contributed by atoms with Crippen LogP contribution in [0.5, 0.6) is 0 Å². The molecule has 0 aromatic carbocycles. The van der Waals surface area contributed by atoms with Gasteiger partial charge in [0.15, 0.2) is 0 Å². The zero-order valence-electron chi connectivity index (χ0n) is 11.5. The Kier molecular flexibility index (Phi) is 4.40. The number of aryl methyl sites for hydroxylation is 2. The number of imidazole rings is 1. The number of aromatic nitrogens is 2. The van der Waals surface area contributed by atoms with Crippen LogP contribution >= 0.6 is 0 Å². The minimum atomic E-state index is -0.0921. The van der Waals surface area contributed by atoms with E-state index in [1.807, 2.05) is 19.3 Å². The van der Waals surface area contributed by atoms with E-state index >= 15 is 0 Å². The van der Waals surface area contributed by atoms with Crippen LogP contribution in [-0.4, -0.2) is 32.8 Å². The summed E-state index contributed by atoms with van der Waals surface area (Å²) in [7, 11) is 0. The summed E-state index contributed by atoms with van der Waals surface area (Å²) in [4.78, 5) is 4.22. The normalized spacial score (nSPS) is 18.8. The van der Waals surface area contributed by atoms with Gasteiger partial charge in [0.05, 0.1) is 6.61 Å². The van der Waals surface area contributed by atoms with Crippen LogP contribution in [0, 0.1) is 6.92 Å². The van der Waals surface area contributed by atoms with Crippen molar-refractivity contribution < 1.29 is 5.11 Å². The summed E-state index contributed by atoms with van der Waals surface area (Å²) < 4.78 is 2.19.